The fourth-order valence-corrected chi connectivity index (χ4v) is 4.46. The first-order valence-electron chi connectivity index (χ1n) is 10.6. The number of hydrogen-bond donors (Lipinski definition) is 6. The van der Waals surface area contributed by atoms with Crippen LogP contribution in [-0.4, -0.2) is 98.3 Å². The van der Waals surface area contributed by atoms with Gasteiger partial charge in [-0.15, -0.1) is 0 Å². The first-order valence-corrected chi connectivity index (χ1v) is 12.6. The number of carboxylic acid groups (broad SMARTS) is 1. The predicted molar refractivity (Wildman–Crippen MR) is 124 cm³/mol. The van der Waals surface area contributed by atoms with E-state index in [9.17, 15) is 39.9 Å². The van der Waals surface area contributed by atoms with E-state index in [0.717, 1.165) is 32.8 Å². The summed E-state index contributed by atoms with van der Waals surface area (Å²) in [6, 6.07) is 0.0717. The van der Waals surface area contributed by atoms with Gasteiger partial charge in [0.1, 0.15) is 12.2 Å². The van der Waals surface area contributed by atoms with Gasteiger partial charge in [0.05, 0.1) is 19.3 Å². The molecule has 0 unspecified atom stereocenters. The van der Waals surface area contributed by atoms with Crippen LogP contribution < -0.4 is 24.2 Å². The molecule has 1 saturated carbocycles. The van der Waals surface area contributed by atoms with E-state index in [2.05, 4.69) is 27.2 Å². The van der Waals surface area contributed by atoms with Gasteiger partial charge in [-0.05, 0) is 12.8 Å². The first-order chi connectivity index (χ1) is 16.4. The van der Waals surface area contributed by atoms with E-state index >= 15 is 0 Å². The van der Waals surface area contributed by atoms with Crippen LogP contribution in [0, 0.1) is 12.2 Å². The standard InChI is InChI=1S/C20H28ClN3O10P.Li/c1-32-11-20(18(27)28,35(29,30)31)33-10-14-17(26)16(25)13(34-14)8-4-5-9-15(24-19(21)22)23-12-6-2-3-7-12;/h4-5,12-14,16-17,25-26H,2-3,6-7,10-11H2,1H3,(H4-,22,23,24,27,28,29,30,31);/q-3;+1/t13-,14+,16-,17+,20+;/m0./s1. The van der Waals surface area contributed by atoms with E-state index in [1.165, 1.54) is 12.2 Å². The number of ether oxygens (including phenoxy) is 3. The van der Waals surface area contributed by atoms with Crippen LogP contribution in [0.5, 0.6) is 0 Å². The van der Waals surface area contributed by atoms with Crippen LogP contribution in [0.2, 0.25) is 0 Å². The molecule has 2 rings (SSSR count). The number of aliphatic imine (C=N–C) groups is 1. The van der Waals surface area contributed by atoms with Crippen molar-refractivity contribution < 1.29 is 67.5 Å². The van der Waals surface area contributed by atoms with E-state index in [1.54, 1.807) is 0 Å². The summed E-state index contributed by atoms with van der Waals surface area (Å²) in [5.41, 5.74) is 0. The van der Waals surface area contributed by atoms with Crippen molar-refractivity contribution in [3.63, 3.8) is 0 Å². The maximum atomic E-state index is 11.8. The molecule has 1 aliphatic carbocycles. The molecular formula is C20H28ClLiN3O10P-2. The van der Waals surface area contributed by atoms with Crippen LogP contribution in [0.25, 0.3) is 5.41 Å². The number of carbonyl (C=O) groups is 1. The Hall–Kier alpha value is -1.07. The van der Waals surface area contributed by atoms with Gasteiger partial charge in [-0.25, -0.2) is 4.79 Å². The van der Waals surface area contributed by atoms with Gasteiger partial charge in [0, 0.05) is 24.6 Å². The number of hydrogen-bond acceptors (Lipinski definition) is 8. The molecule has 1 aliphatic heterocycles. The van der Waals surface area contributed by atoms with Gasteiger partial charge < -0.3 is 79.3 Å². The second-order valence-electron chi connectivity index (χ2n) is 7.93. The summed E-state index contributed by atoms with van der Waals surface area (Å²) in [4.78, 5) is 35.0. The second kappa shape index (κ2) is 14.8. The largest absolute Gasteiger partial charge is 1.00 e. The number of aliphatic hydroxyl groups is 2. The Kier molecular flexibility index (Phi) is 13.5. The minimum absolute atomic E-state index is 0. The number of carboxylic acids is 1. The molecule has 13 nitrogen and oxygen atoms in total. The minimum Gasteiger partial charge on any atom is -0.479 e. The van der Waals surface area contributed by atoms with Crippen molar-refractivity contribution in [2.24, 2.45) is 4.99 Å². The van der Waals surface area contributed by atoms with E-state index in [4.69, 9.17) is 21.1 Å². The molecule has 1 heterocycles. The maximum Gasteiger partial charge on any atom is 1.00 e. The molecular weight excluding hydrogens is 516 g/mol. The average molecular weight is 544 g/mol. The maximum absolute atomic E-state index is 11.8. The number of halogens is 1. The molecule has 0 aromatic rings. The zero-order valence-corrected chi connectivity index (χ0v) is 21.4. The fourth-order valence-electron chi connectivity index (χ4n) is 3.58. The van der Waals surface area contributed by atoms with Crippen LogP contribution in [0.1, 0.15) is 25.7 Å². The van der Waals surface area contributed by atoms with E-state index in [-0.39, 0.29) is 30.7 Å². The Morgan fingerprint density at radius 1 is 1.31 bits per heavy atom. The molecule has 1 saturated heterocycles. The first kappa shape index (κ1) is 33.0. The molecule has 2 aliphatic rings. The zero-order valence-electron chi connectivity index (χ0n) is 19.8. The molecule has 0 aromatic carbocycles. The summed E-state index contributed by atoms with van der Waals surface area (Å²) in [7, 11) is -4.33. The zero-order chi connectivity index (χ0) is 26.2. The van der Waals surface area contributed by atoms with Gasteiger partial charge in [-0.1, -0.05) is 30.3 Å². The number of rotatable bonds is 11. The molecule has 198 valence electrons. The van der Waals surface area contributed by atoms with Gasteiger partial charge in [0.2, 0.25) is 0 Å². The molecule has 36 heavy (non-hydrogen) atoms. The molecule has 2 fully saturated rings. The number of nitrogens with zero attached hydrogens (tertiary/aromatic N) is 2. The van der Waals surface area contributed by atoms with Gasteiger partial charge in [-0.2, -0.15) is 0 Å². The summed E-state index contributed by atoms with van der Waals surface area (Å²) >= 11 is 5.47. The van der Waals surface area contributed by atoms with E-state index in [1.807, 2.05) is 0 Å². The number of methoxy groups -OCH3 is 1. The Bertz CT molecular complexity index is 895. The van der Waals surface area contributed by atoms with Crippen molar-refractivity contribution in [2.45, 2.75) is 61.5 Å². The smallest absolute Gasteiger partial charge is 0.479 e. The molecule has 0 aromatic heterocycles. The van der Waals surface area contributed by atoms with Crippen LogP contribution in [-0.2, 0) is 23.6 Å². The van der Waals surface area contributed by atoms with Crippen molar-refractivity contribution in [1.82, 2.24) is 5.32 Å². The third-order valence-corrected chi connectivity index (χ3v) is 6.90. The topological polar surface area (TPSA) is 210 Å². The molecule has 0 radical (unpaired) electrons. The number of aliphatic carboxylic acids is 1. The molecule has 6 N–H and O–H groups in total. The molecule has 0 bridgehead atoms. The fraction of sp³-hybridized carbons (Fsp3) is 0.650. The van der Waals surface area contributed by atoms with Crippen molar-refractivity contribution in [2.75, 3.05) is 20.3 Å². The van der Waals surface area contributed by atoms with Gasteiger partial charge in [0.15, 0.2) is 0 Å². The molecule has 0 amide bonds. The Morgan fingerprint density at radius 3 is 2.47 bits per heavy atom. The van der Waals surface area contributed by atoms with Crippen LogP contribution in [0.3, 0.4) is 0 Å². The quantitative estimate of drug-likeness (QED) is 0.0292. The second-order valence-corrected chi connectivity index (χ2v) is 10.1. The summed E-state index contributed by atoms with van der Waals surface area (Å²) in [6.45, 7) is -1.74. The van der Waals surface area contributed by atoms with Crippen LogP contribution in [0.4, 0.5) is 0 Å². The van der Waals surface area contributed by atoms with Crippen molar-refractivity contribution in [3.8, 4) is 0 Å². The number of amidine groups is 2. The SMILES string of the molecule is COC[C@](OC[C@H]1O[C@@H]([C-]=CC=[C-]C(=NC2CCCC2)NC(=[N-])Cl)[C@H](O)[C@@H]1O)(C(=O)O)P(=O)(O)O.[Li+]. The third-order valence-electron chi connectivity index (χ3n) is 5.42. The summed E-state index contributed by atoms with van der Waals surface area (Å²) < 4.78 is 26.8. The molecule has 5 atom stereocenters. The monoisotopic (exact) mass is 543 g/mol. The number of allylic oxidation sites excluding steroid dienone is 2. The van der Waals surface area contributed by atoms with Crippen LogP contribution in [0.15, 0.2) is 17.1 Å². The summed E-state index contributed by atoms with van der Waals surface area (Å²) in [6.07, 6.45) is 6.43. The Labute approximate surface area is 225 Å². The van der Waals surface area contributed by atoms with E-state index < -0.39 is 61.8 Å². The van der Waals surface area contributed by atoms with Gasteiger partial charge >= 0.3 is 32.4 Å². The van der Waals surface area contributed by atoms with Crippen molar-refractivity contribution >= 4 is 36.3 Å². The predicted octanol–water partition coefficient (Wildman–Crippen LogP) is -3.09. The Balaban J connectivity index is 0.00000648. The normalized spacial score (nSPS) is 27.3. The minimum atomic E-state index is -5.37. The number of aliphatic hydroxyl groups excluding tert-OH is 2. The molecule has 0 spiro atoms. The van der Waals surface area contributed by atoms with E-state index in [0.29, 0.717) is 0 Å². The van der Waals surface area contributed by atoms with Crippen molar-refractivity contribution in [1.29, 1.82) is 0 Å². The average Bonchev–Trinajstić information content (AvgIpc) is 3.36. The van der Waals surface area contributed by atoms with Gasteiger partial charge in [-0.3, -0.25) is 4.57 Å². The summed E-state index contributed by atoms with van der Waals surface area (Å²) in [5.74, 6) is -1.78. The van der Waals surface area contributed by atoms with Crippen molar-refractivity contribution in [3.05, 3.63) is 29.7 Å². The van der Waals surface area contributed by atoms with Gasteiger partial charge in [0.25, 0.3) is 5.34 Å². The third kappa shape index (κ3) is 8.75. The Morgan fingerprint density at radius 2 is 1.94 bits per heavy atom. The number of nitrogens with one attached hydrogen (secondary N) is 1. The summed E-state index contributed by atoms with van der Waals surface area (Å²) in [5, 5.41) is 37.9. The van der Waals surface area contributed by atoms with Crippen LogP contribution >= 0.6 is 19.2 Å². The molecule has 16 heteroatoms.